The van der Waals surface area contributed by atoms with E-state index >= 15 is 0 Å². The zero-order chi connectivity index (χ0) is 23.5. The Balaban J connectivity index is 1.49. The lowest BCUT2D eigenvalue weighted by atomic mass is 10.2. The second-order valence-corrected chi connectivity index (χ2v) is 9.03. The van der Waals surface area contributed by atoms with Crippen molar-refractivity contribution in [1.29, 1.82) is 0 Å². The van der Waals surface area contributed by atoms with Crippen molar-refractivity contribution in [2.45, 2.75) is 27.2 Å². The predicted octanol–water partition coefficient (Wildman–Crippen LogP) is 2.52. The number of piperazine rings is 1. The van der Waals surface area contributed by atoms with Crippen molar-refractivity contribution in [2.75, 3.05) is 58.3 Å². The first-order valence-corrected chi connectivity index (χ1v) is 11.6. The van der Waals surface area contributed by atoms with Crippen molar-refractivity contribution < 1.29 is 4.79 Å². The Morgan fingerprint density at radius 2 is 1.73 bits per heavy atom. The number of benzene rings is 1. The van der Waals surface area contributed by atoms with Crippen LogP contribution in [0.25, 0.3) is 16.6 Å². The molecule has 0 radical (unpaired) electrons. The molecule has 176 valence electrons. The number of nitrogens with one attached hydrogen (secondary N) is 1. The molecule has 33 heavy (non-hydrogen) atoms. The van der Waals surface area contributed by atoms with Gasteiger partial charge in [0.05, 0.1) is 22.5 Å². The third kappa shape index (κ3) is 4.93. The van der Waals surface area contributed by atoms with Crippen LogP contribution >= 0.6 is 0 Å². The molecular formula is C24H34N8O. The number of aryl methyl sites for hydroxylation is 3. The third-order valence-electron chi connectivity index (χ3n) is 6.19. The van der Waals surface area contributed by atoms with Crippen LogP contribution in [0.15, 0.2) is 24.3 Å². The van der Waals surface area contributed by atoms with Gasteiger partial charge < -0.3 is 20.0 Å². The molecule has 0 atom stereocenters. The molecule has 1 aliphatic rings. The summed E-state index contributed by atoms with van der Waals surface area (Å²) < 4.78 is 1.97. The van der Waals surface area contributed by atoms with E-state index in [1.54, 1.807) is 0 Å². The monoisotopic (exact) mass is 450 g/mol. The Bertz CT molecular complexity index is 1110. The number of rotatable bonds is 6. The van der Waals surface area contributed by atoms with Gasteiger partial charge in [0.1, 0.15) is 5.52 Å². The number of anilines is 1. The Morgan fingerprint density at radius 3 is 2.39 bits per heavy atom. The highest BCUT2D eigenvalue weighted by Crippen LogP contribution is 2.29. The number of hydrogen-bond donors (Lipinski definition) is 1. The molecule has 2 amide bonds. The van der Waals surface area contributed by atoms with Crippen molar-refractivity contribution >= 4 is 22.8 Å². The fourth-order valence-electron chi connectivity index (χ4n) is 4.29. The summed E-state index contributed by atoms with van der Waals surface area (Å²) in [6.45, 7) is 10.5. The van der Waals surface area contributed by atoms with Crippen LogP contribution in [-0.2, 0) is 0 Å². The summed E-state index contributed by atoms with van der Waals surface area (Å²) >= 11 is 0. The molecule has 1 fully saturated rings. The van der Waals surface area contributed by atoms with E-state index in [1.165, 1.54) is 5.56 Å². The Kier molecular flexibility index (Phi) is 6.78. The summed E-state index contributed by atoms with van der Waals surface area (Å²) in [5, 5.41) is 18.0. The number of carbonyl (C=O) groups is 1. The molecule has 1 saturated heterocycles. The largest absolute Gasteiger partial charge is 0.350 e. The van der Waals surface area contributed by atoms with Crippen LogP contribution < -0.4 is 10.2 Å². The van der Waals surface area contributed by atoms with Crippen LogP contribution in [0.5, 0.6) is 0 Å². The Morgan fingerprint density at radius 1 is 1.03 bits per heavy atom. The van der Waals surface area contributed by atoms with E-state index in [4.69, 9.17) is 5.10 Å². The summed E-state index contributed by atoms with van der Waals surface area (Å²) in [6, 6.07) is 8.36. The van der Waals surface area contributed by atoms with Crippen LogP contribution in [0, 0.1) is 20.8 Å². The summed E-state index contributed by atoms with van der Waals surface area (Å²) in [5.41, 5.74) is 5.03. The molecule has 9 nitrogen and oxygen atoms in total. The van der Waals surface area contributed by atoms with Crippen LogP contribution in [0.4, 0.5) is 10.6 Å². The van der Waals surface area contributed by atoms with Crippen LogP contribution in [-0.4, -0.2) is 89.2 Å². The topological polar surface area (TPSA) is 82.4 Å². The van der Waals surface area contributed by atoms with Crippen LogP contribution in [0.2, 0.25) is 0 Å². The minimum atomic E-state index is 0.00744. The van der Waals surface area contributed by atoms with Gasteiger partial charge >= 0.3 is 6.03 Å². The molecule has 9 heteroatoms. The average Bonchev–Trinajstić information content (AvgIpc) is 3.15. The standard InChI is InChI=1S/C24H34N8O/c1-17-7-9-20(10-8-17)32-19(3)21-18(2)26-27-23(22(21)28-32)30-13-15-31(16-14-30)24(33)25-11-6-12-29(4)5/h7-10H,6,11-16H2,1-5H3,(H,25,33). The van der Waals surface area contributed by atoms with Gasteiger partial charge in [0, 0.05) is 32.7 Å². The minimum absolute atomic E-state index is 0.00744. The van der Waals surface area contributed by atoms with Crippen LogP contribution in [0.3, 0.4) is 0 Å². The first-order chi connectivity index (χ1) is 15.8. The highest BCUT2D eigenvalue weighted by Gasteiger charge is 2.26. The van der Waals surface area contributed by atoms with E-state index in [9.17, 15) is 4.79 Å². The van der Waals surface area contributed by atoms with Crippen molar-refractivity contribution in [1.82, 2.24) is 35.1 Å². The molecule has 1 aliphatic heterocycles. The van der Waals surface area contributed by atoms with Gasteiger partial charge in [-0.05, 0) is 60.0 Å². The molecule has 0 aliphatic carbocycles. The number of fused-ring (bicyclic) bond motifs is 1. The number of aromatic nitrogens is 4. The first-order valence-electron chi connectivity index (χ1n) is 11.6. The number of urea groups is 1. The maximum atomic E-state index is 12.5. The van der Waals surface area contributed by atoms with Gasteiger partial charge in [0.2, 0.25) is 0 Å². The maximum absolute atomic E-state index is 12.5. The number of amides is 2. The van der Waals surface area contributed by atoms with Crippen molar-refractivity contribution in [3.05, 3.63) is 41.2 Å². The summed E-state index contributed by atoms with van der Waals surface area (Å²) in [5.74, 6) is 0.788. The second-order valence-electron chi connectivity index (χ2n) is 9.03. The van der Waals surface area contributed by atoms with Crippen LogP contribution in [0.1, 0.15) is 23.4 Å². The first kappa shape index (κ1) is 23.0. The summed E-state index contributed by atoms with van der Waals surface area (Å²) in [4.78, 5) is 18.7. The van der Waals surface area contributed by atoms with E-state index in [-0.39, 0.29) is 6.03 Å². The Hall–Kier alpha value is -3.20. The van der Waals surface area contributed by atoms with Gasteiger partial charge in [-0.25, -0.2) is 9.48 Å². The molecule has 2 aromatic heterocycles. The highest BCUT2D eigenvalue weighted by atomic mass is 16.2. The van der Waals surface area contributed by atoms with E-state index in [2.05, 4.69) is 63.4 Å². The summed E-state index contributed by atoms with van der Waals surface area (Å²) in [7, 11) is 4.08. The van der Waals surface area contributed by atoms with Gasteiger partial charge in [-0.1, -0.05) is 17.7 Å². The third-order valence-corrected chi connectivity index (χ3v) is 6.19. The van der Waals surface area contributed by atoms with Crippen molar-refractivity contribution in [3.63, 3.8) is 0 Å². The minimum Gasteiger partial charge on any atom is -0.350 e. The van der Waals surface area contributed by atoms with E-state index in [1.807, 2.05) is 30.6 Å². The zero-order valence-corrected chi connectivity index (χ0v) is 20.3. The molecule has 1 N–H and O–H groups in total. The SMILES string of the molecule is Cc1ccc(-n2nc3c(N4CCN(C(=O)NCCCN(C)C)CC4)nnc(C)c3c2C)cc1. The lowest BCUT2D eigenvalue weighted by molar-refractivity contribution is 0.193. The van der Waals surface area contributed by atoms with Gasteiger partial charge in [-0.3, -0.25) is 0 Å². The maximum Gasteiger partial charge on any atom is 0.317 e. The van der Waals surface area contributed by atoms with Gasteiger partial charge in [-0.15, -0.1) is 5.10 Å². The fourth-order valence-corrected chi connectivity index (χ4v) is 4.29. The number of nitrogens with zero attached hydrogens (tertiary/aromatic N) is 7. The lowest BCUT2D eigenvalue weighted by Crippen LogP contribution is -2.52. The zero-order valence-electron chi connectivity index (χ0n) is 20.3. The predicted molar refractivity (Wildman–Crippen MR) is 131 cm³/mol. The van der Waals surface area contributed by atoms with Gasteiger partial charge in [0.25, 0.3) is 0 Å². The van der Waals surface area contributed by atoms with E-state index in [0.29, 0.717) is 32.7 Å². The molecular weight excluding hydrogens is 416 g/mol. The highest BCUT2D eigenvalue weighted by molar-refractivity contribution is 5.92. The summed E-state index contributed by atoms with van der Waals surface area (Å²) in [6.07, 6.45) is 0.943. The quantitative estimate of drug-likeness (QED) is 0.581. The molecule has 0 saturated carbocycles. The van der Waals surface area contributed by atoms with Crippen molar-refractivity contribution in [3.8, 4) is 5.69 Å². The van der Waals surface area contributed by atoms with E-state index < -0.39 is 0 Å². The van der Waals surface area contributed by atoms with E-state index in [0.717, 1.165) is 46.8 Å². The van der Waals surface area contributed by atoms with Gasteiger partial charge in [-0.2, -0.15) is 10.2 Å². The fraction of sp³-hybridized carbons (Fsp3) is 0.500. The van der Waals surface area contributed by atoms with Crippen molar-refractivity contribution in [2.24, 2.45) is 0 Å². The Labute approximate surface area is 195 Å². The average molecular weight is 451 g/mol. The molecule has 4 rings (SSSR count). The molecule has 3 aromatic rings. The smallest absolute Gasteiger partial charge is 0.317 e. The molecule has 0 spiro atoms. The van der Waals surface area contributed by atoms with Gasteiger partial charge in [0.15, 0.2) is 5.82 Å². The molecule has 0 unspecified atom stereocenters. The normalized spacial score (nSPS) is 14.4. The number of carbonyl (C=O) groups excluding carboxylic acids is 1. The molecule has 3 heterocycles. The number of hydrogen-bond acceptors (Lipinski definition) is 6. The second kappa shape index (κ2) is 9.74. The molecule has 1 aromatic carbocycles. The molecule has 0 bridgehead atoms. The lowest BCUT2D eigenvalue weighted by Gasteiger charge is -2.35.